The van der Waals surface area contributed by atoms with Crippen molar-refractivity contribution in [1.82, 2.24) is 0 Å². The van der Waals surface area contributed by atoms with Crippen LogP contribution in [-0.4, -0.2) is 24.6 Å². The predicted molar refractivity (Wildman–Crippen MR) is 78.2 cm³/mol. The molecule has 1 fully saturated rings. The molecular weight excluding hydrogens is 306 g/mol. The van der Waals surface area contributed by atoms with E-state index in [1.54, 1.807) is 0 Å². The Labute approximate surface area is 115 Å². The SMILES string of the molecule is Clc1cc(CBr)ccc1N1CCCSCC1. The summed E-state index contributed by atoms with van der Waals surface area (Å²) in [7, 11) is 0. The average Bonchev–Trinajstić information content (AvgIpc) is 2.57. The number of alkyl halides is 1. The molecule has 0 radical (unpaired) electrons. The van der Waals surface area contributed by atoms with E-state index in [4.69, 9.17) is 11.6 Å². The third-order valence-electron chi connectivity index (χ3n) is 2.73. The van der Waals surface area contributed by atoms with Crippen LogP contribution in [0.25, 0.3) is 0 Å². The Balaban J connectivity index is 2.18. The second kappa shape index (κ2) is 6.18. The molecule has 1 nitrogen and oxygen atoms in total. The first kappa shape index (κ1) is 12.6. The third kappa shape index (κ3) is 3.08. The third-order valence-corrected chi connectivity index (χ3v) is 4.73. The van der Waals surface area contributed by atoms with Crippen LogP contribution >= 0.6 is 39.3 Å². The molecule has 0 aliphatic carbocycles. The van der Waals surface area contributed by atoms with Crippen molar-refractivity contribution in [3.05, 3.63) is 28.8 Å². The molecule has 1 aromatic carbocycles. The molecule has 0 spiro atoms. The molecule has 1 aliphatic heterocycles. The first-order valence-corrected chi connectivity index (χ1v) is 8.14. The highest BCUT2D eigenvalue weighted by Gasteiger charge is 2.12. The monoisotopic (exact) mass is 319 g/mol. The van der Waals surface area contributed by atoms with Gasteiger partial charge in [-0.3, -0.25) is 0 Å². The van der Waals surface area contributed by atoms with Crippen molar-refractivity contribution in [2.75, 3.05) is 29.5 Å². The van der Waals surface area contributed by atoms with Gasteiger partial charge in [-0.15, -0.1) is 0 Å². The summed E-state index contributed by atoms with van der Waals surface area (Å²) in [6, 6.07) is 6.35. The van der Waals surface area contributed by atoms with E-state index in [2.05, 4.69) is 39.0 Å². The second-order valence-corrected chi connectivity index (χ2v) is 6.07. The maximum absolute atomic E-state index is 6.33. The van der Waals surface area contributed by atoms with Crippen LogP contribution in [0.4, 0.5) is 5.69 Å². The van der Waals surface area contributed by atoms with E-state index >= 15 is 0 Å². The van der Waals surface area contributed by atoms with Crippen molar-refractivity contribution in [2.45, 2.75) is 11.8 Å². The van der Waals surface area contributed by atoms with Gasteiger partial charge in [0.1, 0.15) is 0 Å². The van der Waals surface area contributed by atoms with E-state index in [1.807, 2.05) is 11.8 Å². The van der Waals surface area contributed by atoms with Crippen LogP contribution in [0.1, 0.15) is 12.0 Å². The number of nitrogens with zero attached hydrogens (tertiary/aromatic N) is 1. The van der Waals surface area contributed by atoms with Crippen LogP contribution < -0.4 is 4.90 Å². The van der Waals surface area contributed by atoms with E-state index in [0.717, 1.165) is 23.4 Å². The van der Waals surface area contributed by atoms with Gasteiger partial charge in [0.2, 0.25) is 0 Å². The van der Waals surface area contributed by atoms with Crippen LogP contribution in [0, 0.1) is 0 Å². The standard InChI is InChI=1S/C12H15BrClNS/c13-9-10-2-3-12(11(14)8-10)15-4-1-6-16-7-5-15/h2-3,8H,1,4-7,9H2. The fraction of sp³-hybridized carbons (Fsp3) is 0.500. The number of hydrogen-bond acceptors (Lipinski definition) is 2. The highest BCUT2D eigenvalue weighted by atomic mass is 79.9. The molecule has 0 aromatic heterocycles. The number of anilines is 1. The minimum atomic E-state index is 0.864. The predicted octanol–water partition coefficient (Wildman–Crippen LogP) is 4.18. The van der Waals surface area contributed by atoms with E-state index in [0.29, 0.717) is 0 Å². The fourth-order valence-corrected chi connectivity index (χ4v) is 3.44. The van der Waals surface area contributed by atoms with Gasteiger partial charge in [0.05, 0.1) is 10.7 Å². The fourth-order valence-electron chi connectivity index (χ4n) is 1.88. The van der Waals surface area contributed by atoms with Crippen molar-refractivity contribution in [2.24, 2.45) is 0 Å². The quantitative estimate of drug-likeness (QED) is 0.752. The lowest BCUT2D eigenvalue weighted by Gasteiger charge is -2.23. The van der Waals surface area contributed by atoms with E-state index in [1.165, 1.54) is 29.2 Å². The van der Waals surface area contributed by atoms with Gasteiger partial charge in [-0.05, 0) is 29.9 Å². The number of thioether (sulfide) groups is 1. The van der Waals surface area contributed by atoms with E-state index in [9.17, 15) is 0 Å². The highest BCUT2D eigenvalue weighted by molar-refractivity contribution is 9.08. The largest absolute Gasteiger partial charge is 0.369 e. The molecule has 2 rings (SSSR count). The van der Waals surface area contributed by atoms with Gasteiger partial charge in [0, 0.05) is 24.2 Å². The number of benzene rings is 1. The number of hydrogen-bond donors (Lipinski definition) is 0. The van der Waals surface area contributed by atoms with Gasteiger partial charge in [-0.25, -0.2) is 0 Å². The Kier molecular flexibility index (Phi) is 4.86. The van der Waals surface area contributed by atoms with E-state index in [-0.39, 0.29) is 0 Å². The van der Waals surface area contributed by atoms with Gasteiger partial charge in [-0.2, -0.15) is 11.8 Å². The topological polar surface area (TPSA) is 3.24 Å². The van der Waals surface area contributed by atoms with Crippen molar-refractivity contribution >= 4 is 45.0 Å². The van der Waals surface area contributed by atoms with Crippen LogP contribution in [0.5, 0.6) is 0 Å². The van der Waals surface area contributed by atoms with Crippen molar-refractivity contribution in [1.29, 1.82) is 0 Å². The Morgan fingerprint density at radius 1 is 1.31 bits per heavy atom. The first-order valence-electron chi connectivity index (χ1n) is 5.48. The molecule has 0 amide bonds. The summed E-state index contributed by atoms with van der Waals surface area (Å²) in [5.74, 6) is 2.48. The molecule has 4 heteroatoms. The molecule has 0 N–H and O–H groups in total. The van der Waals surface area contributed by atoms with Gasteiger partial charge in [0.25, 0.3) is 0 Å². The zero-order chi connectivity index (χ0) is 11.4. The Bertz CT molecular complexity index is 351. The lowest BCUT2D eigenvalue weighted by molar-refractivity contribution is 0.816. The maximum atomic E-state index is 6.33. The van der Waals surface area contributed by atoms with Crippen LogP contribution in [0.3, 0.4) is 0 Å². The zero-order valence-electron chi connectivity index (χ0n) is 9.09. The average molecular weight is 321 g/mol. The van der Waals surface area contributed by atoms with Crippen molar-refractivity contribution in [3.63, 3.8) is 0 Å². The van der Waals surface area contributed by atoms with Gasteiger partial charge < -0.3 is 4.90 Å². The van der Waals surface area contributed by atoms with Crippen LogP contribution in [0.2, 0.25) is 5.02 Å². The molecule has 1 aliphatic rings. The summed E-state index contributed by atoms with van der Waals surface area (Å²) in [6.45, 7) is 2.23. The lowest BCUT2D eigenvalue weighted by Crippen LogP contribution is -2.25. The molecule has 1 heterocycles. The number of rotatable bonds is 2. The summed E-state index contributed by atoms with van der Waals surface area (Å²) in [5, 5.41) is 1.74. The molecule has 16 heavy (non-hydrogen) atoms. The Hall–Kier alpha value is 0.140. The molecule has 0 atom stereocenters. The molecule has 1 aromatic rings. The van der Waals surface area contributed by atoms with Crippen molar-refractivity contribution in [3.8, 4) is 0 Å². The summed E-state index contributed by atoms with van der Waals surface area (Å²) in [4.78, 5) is 2.40. The minimum absolute atomic E-state index is 0.864. The van der Waals surface area contributed by atoms with Crippen LogP contribution in [0.15, 0.2) is 18.2 Å². The lowest BCUT2D eigenvalue weighted by atomic mass is 10.2. The van der Waals surface area contributed by atoms with Gasteiger partial charge >= 0.3 is 0 Å². The molecule has 0 saturated carbocycles. The normalized spacial score (nSPS) is 17.2. The van der Waals surface area contributed by atoms with Crippen LogP contribution in [-0.2, 0) is 5.33 Å². The summed E-state index contributed by atoms with van der Waals surface area (Å²) in [5.41, 5.74) is 2.42. The summed E-state index contributed by atoms with van der Waals surface area (Å²) < 4.78 is 0. The Morgan fingerprint density at radius 3 is 2.94 bits per heavy atom. The number of halogens is 2. The molecule has 0 bridgehead atoms. The van der Waals surface area contributed by atoms with E-state index < -0.39 is 0 Å². The summed E-state index contributed by atoms with van der Waals surface area (Å²) in [6.07, 6.45) is 1.25. The zero-order valence-corrected chi connectivity index (χ0v) is 12.2. The Morgan fingerprint density at radius 2 is 2.19 bits per heavy atom. The van der Waals surface area contributed by atoms with Gasteiger partial charge in [-0.1, -0.05) is 33.6 Å². The van der Waals surface area contributed by atoms with Crippen molar-refractivity contribution < 1.29 is 0 Å². The second-order valence-electron chi connectivity index (χ2n) is 3.87. The summed E-state index contributed by atoms with van der Waals surface area (Å²) >= 11 is 11.8. The molecule has 0 unspecified atom stereocenters. The van der Waals surface area contributed by atoms with Gasteiger partial charge in [0.15, 0.2) is 0 Å². The molecular formula is C12H15BrClNS. The first-order chi connectivity index (χ1) is 7.81. The highest BCUT2D eigenvalue weighted by Crippen LogP contribution is 2.29. The molecule has 1 saturated heterocycles. The minimum Gasteiger partial charge on any atom is -0.369 e. The smallest absolute Gasteiger partial charge is 0.0642 e. The molecule has 88 valence electrons. The maximum Gasteiger partial charge on any atom is 0.0642 e.